The van der Waals surface area contributed by atoms with Crippen molar-refractivity contribution in [1.82, 2.24) is 10.2 Å². The second kappa shape index (κ2) is 8.68. The third kappa shape index (κ3) is 4.10. The molecule has 1 aliphatic carbocycles. The number of hydrogen-bond acceptors (Lipinski definition) is 3. The van der Waals surface area contributed by atoms with Crippen molar-refractivity contribution >= 4 is 11.6 Å². The van der Waals surface area contributed by atoms with Crippen LogP contribution in [0.3, 0.4) is 0 Å². The van der Waals surface area contributed by atoms with Crippen molar-refractivity contribution < 1.29 is 4.79 Å². The van der Waals surface area contributed by atoms with Crippen LogP contribution in [0.2, 0.25) is 0 Å². The largest absolute Gasteiger partial charge is 0.310 e. The van der Waals surface area contributed by atoms with Gasteiger partial charge in [-0.05, 0) is 56.3 Å². The number of benzene rings is 2. The van der Waals surface area contributed by atoms with Gasteiger partial charge in [-0.2, -0.15) is 0 Å². The Morgan fingerprint density at radius 1 is 1.00 bits per heavy atom. The summed E-state index contributed by atoms with van der Waals surface area (Å²) in [5.41, 5.74) is 3.72. The lowest BCUT2D eigenvalue weighted by Gasteiger charge is -2.46. The average molecular weight is 392 g/mol. The first kappa shape index (κ1) is 20.1. The van der Waals surface area contributed by atoms with Gasteiger partial charge >= 0.3 is 0 Å². The third-order valence-electron chi connectivity index (χ3n) is 6.82. The lowest BCUT2D eigenvalue weighted by atomic mass is 9.74. The molecule has 1 saturated heterocycles. The van der Waals surface area contributed by atoms with Crippen LogP contribution in [0.1, 0.15) is 43.7 Å². The maximum absolute atomic E-state index is 12.9. The van der Waals surface area contributed by atoms with Gasteiger partial charge in [0.05, 0.1) is 6.54 Å². The summed E-state index contributed by atoms with van der Waals surface area (Å²) in [5, 5.41) is 3.79. The average Bonchev–Trinajstić information content (AvgIpc) is 2.76. The number of para-hydroxylation sites is 1. The van der Waals surface area contributed by atoms with Crippen LogP contribution in [-0.2, 0) is 10.3 Å². The van der Waals surface area contributed by atoms with Crippen LogP contribution in [0.5, 0.6) is 0 Å². The summed E-state index contributed by atoms with van der Waals surface area (Å²) in [6, 6.07) is 19.6. The highest BCUT2D eigenvalue weighted by Gasteiger charge is 2.39. The highest BCUT2D eigenvalue weighted by Crippen LogP contribution is 2.39. The van der Waals surface area contributed by atoms with Gasteiger partial charge in [0.15, 0.2) is 0 Å². The molecule has 2 aromatic carbocycles. The van der Waals surface area contributed by atoms with E-state index in [4.69, 9.17) is 0 Å². The summed E-state index contributed by atoms with van der Waals surface area (Å²) in [7, 11) is 0. The Balaban J connectivity index is 1.41. The molecule has 2 aliphatic rings. The maximum atomic E-state index is 12.9. The summed E-state index contributed by atoms with van der Waals surface area (Å²) in [4.78, 5) is 17.3. The Morgan fingerprint density at radius 2 is 1.69 bits per heavy atom. The molecule has 1 aliphatic heterocycles. The van der Waals surface area contributed by atoms with Gasteiger partial charge in [-0.25, -0.2) is 0 Å². The molecule has 2 fully saturated rings. The quantitative estimate of drug-likeness (QED) is 0.834. The van der Waals surface area contributed by atoms with Gasteiger partial charge in [0.25, 0.3) is 0 Å². The van der Waals surface area contributed by atoms with Gasteiger partial charge in [0.2, 0.25) is 5.91 Å². The number of carbonyl (C=O) groups excluding carboxylic acids is 1. The molecule has 0 bridgehead atoms. The number of nitrogens with one attached hydrogen (secondary N) is 1. The minimum atomic E-state index is 0.0828. The molecular weight excluding hydrogens is 358 g/mol. The topological polar surface area (TPSA) is 35.6 Å². The van der Waals surface area contributed by atoms with E-state index in [1.807, 2.05) is 17.0 Å². The first-order valence-electron chi connectivity index (χ1n) is 11.0. The molecule has 0 radical (unpaired) electrons. The summed E-state index contributed by atoms with van der Waals surface area (Å²) >= 11 is 0. The number of hydrogen-bond donors (Lipinski definition) is 1. The normalized spacial score (nSPS) is 25.9. The van der Waals surface area contributed by atoms with Crippen molar-refractivity contribution in [1.29, 1.82) is 0 Å². The molecule has 1 saturated carbocycles. The van der Waals surface area contributed by atoms with E-state index in [0.717, 1.165) is 51.0 Å². The van der Waals surface area contributed by atoms with E-state index in [2.05, 4.69) is 66.5 Å². The van der Waals surface area contributed by atoms with Crippen LogP contribution in [0, 0.1) is 6.92 Å². The van der Waals surface area contributed by atoms with Gasteiger partial charge in [0.1, 0.15) is 0 Å². The molecule has 1 amide bonds. The van der Waals surface area contributed by atoms with Crippen LogP contribution < -0.4 is 10.2 Å². The molecule has 0 atom stereocenters. The first-order valence-corrected chi connectivity index (χ1v) is 11.0. The van der Waals surface area contributed by atoms with Crippen molar-refractivity contribution in [3.8, 4) is 0 Å². The fourth-order valence-corrected chi connectivity index (χ4v) is 5.25. The molecule has 0 spiro atoms. The fraction of sp³-hybridized carbons (Fsp3) is 0.480. The zero-order valence-electron chi connectivity index (χ0n) is 17.7. The molecule has 1 N–H and O–H groups in total. The molecule has 29 heavy (non-hydrogen) atoms. The lowest BCUT2D eigenvalue weighted by Crippen LogP contribution is -2.56. The van der Waals surface area contributed by atoms with Gasteiger partial charge in [-0.15, -0.1) is 0 Å². The molecule has 0 unspecified atom stereocenters. The number of aryl methyl sites for hydroxylation is 1. The summed E-state index contributed by atoms with van der Waals surface area (Å²) < 4.78 is 0. The molecule has 4 nitrogen and oxygen atoms in total. The van der Waals surface area contributed by atoms with Crippen LogP contribution >= 0.6 is 0 Å². The highest BCUT2D eigenvalue weighted by atomic mass is 16.2. The Kier molecular flexibility index (Phi) is 6.02. The minimum Gasteiger partial charge on any atom is -0.310 e. The monoisotopic (exact) mass is 391 g/mol. The Bertz CT molecular complexity index is 827. The Hall–Kier alpha value is -2.17. The number of nitrogens with zero attached hydrogens (tertiary/aromatic N) is 2. The van der Waals surface area contributed by atoms with E-state index in [9.17, 15) is 4.79 Å². The number of piperazine rings is 1. The highest BCUT2D eigenvalue weighted by molar-refractivity contribution is 5.96. The number of rotatable bonds is 5. The van der Waals surface area contributed by atoms with E-state index >= 15 is 0 Å². The standard InChI is InChI=1S/C25H33N3O/c1-3-26-25(21-10-5-4-6-11-21)15-13-22(14-16-25)27-17-18-28(24(29)19-27)23-12-8-7-9-20(23)2/h4-12,22,26H,3,13-19H2,1-2H3/t22-,25-. The van der Waals surface area contributed by atoms with E-state index in [1.165, 1.54) is 11.1 Å². The molecule has 1 heterocycles. The van der Waals surface area contributed by atoms with Gasteiger partial charge in [-0.3, -0.25) is 9.69 Å². The summed E-state index contributed by atoms with van der Waals surface area (Å²) in [5.74, 6) is 0.233. The van der Waals surface area contributed by atoms with Crippen molar-refractivity contribution in [3.63, 3.8) is 0 Å². The summed E-state index contributed by atoms with van der Waals surface area (Å²) in [6.07, 6.45) is 4.53. The van der Waals surface area contributed by atoms with Crippen molar-refractivity contribution in [3.05, 3.63) is 65.7 Å². The number of anilines is 1. The molecular formula is C25H33N3O. The number of amides is 1. The Labute approximate surface area is 174 Å². The third-order valence-corrected chi connectivity index (χ3v) is 6.82. The van der Waals surface area contributed by atoms with Crippen molar-refractivity contribution in [2.24, 2.45) is 0 Å². The van der Waals surface area contributed by atoms with E-state index in [-0.39, 0.29) is 11.4 Å². The summed E-state index contributed by atoms with van der Waals surface area (Å²) in [6.45, 7) is 7.55. The lowest BCUT2D eigenvalue weighted by molar-refractivity contribution is -0.122. The Morgan fingerprint density at radius 3 is 2.34 bits per heavy atom. The van der Waals surface area contributed by atoms with Crippen LogP contribution in [0.4, 0.5) is 5.69 Å². The van der Waals surface area contributed by atoms with Crippen molar-refractivity contribution in [2.75, 3.05) is 31.1 Å². The van der Waals surface area contributed by atoms with Crippen molar-refractivity contribution in [2.45, 2.75) is 51.1 Å². The SMILES string of the molecule is CCN[C@]1(c2ccccc2)CC[C@@H](N2CCN(c3ccccc3C)C(=O)C2)CC1. The molecule has 2 aromatic rings. The zero-order chi connectivity index (χ0) is 20.3. The van der Waals surface area contributed by atoms with Crippen LogP contribution in [0.15, 0.2) is 54.6 Å². The second-order valence-corrected chi connectivity index (χ2v) is 8.51. The van der Waals surface area contributed by atoms with Gasteiger partial charge in [-0.1, -0.05) is 55.5 Å². The molecule has 0 aromatic heterocycles. The van der Waals surface area contributed by atoms with E-state index < -0.39 is 0 Å². The van der Waals surface area contributed by atoms with Crippen LogP contribution in [0.25, 0.3) is 0 Å². The van der Waals surface area contributed by atoms with Crippen LogP contribution in [-0.4, -0.2) is 43.0 Å². The molecule has 154 valence electrons. The fourth-order valence-electron chi connectivity index (χ4n) is 5.25. The predicted molar refractivity (Wildman–Crippen MR) is 119 cm³/mol. The zero-order valence-corrected chi connectivity index (χ0v) is 17.7. The number of carbonyl (C=O) groups is 1. The van der Waals surface area contributed by atoms with Gasteiger partial charge in [0, 0.05) is 30.4 Å². The molecule has 4 heteroatoms. The predicted octanol–water partition coefficient (Wildman–Crippen LogP) is 4.09. The minimum absolute atomic E-state index is 0.0828. The van der Waals surface area contributed by atoms with Gasteiger partial charge < -0.3 is 10.2 Å². The first-order chi connectivity index (χ1) is 14.1. The van der Waals surface area contributed by atoms with E-state index in [0.29, 0.717) is 12.6 Å². The smallest absolute Gasteiger partial charge is 0.241 e. The van der Waals surface area contributed by atoms with E-state index in [1.54, 1.807) is 0 Å². The maximum Gasteiger partial charge on any atom is 0.241 e. The molecule has 4 rings (SSSR count). The second-order valence-electron chi connectivity index (χ2n) is 8.51.